The molecule has 2 aliphatic rings. The Balaban J connectivity index is 1.78. The van der Waals surface area contributed by atoms with Gasteiger partial charge in [-0.3, -0.25) is 4.98 Å². The van der Waals surface area contributed by atoms with Gasteiger partial charge in [0.1, 0.15) is 0 Å². The van der Waals surface area contributed by atoms with Crippen molar-refractivity contribution in [2.24, 2.45) is 5.92 Å². The van der Waals surface area contributed by atoms with E-state index < -0.39 is 0 Å². The van der Waals surface area contributed by atoms with Crippen molar-refractivity contribution < 1.29 is 0 Å². The summed E-state index contributed by atoms with van der Waals surface area (Å²) in [6, 6.07) is 3.71. The molecule has 0 radical (unpaired) electrons. The van der Waals surface area contributed by atoms with E-state index in [2.05, 4.69) is 41.3 Å². The van der Waals surface area contributed by atoms with Gasteiger partial charge in [-0.15, -0.1) is 0 Å². The lowest BCUT2D eigenvalue weighted by atomic mass is 10.1. The van der Waals surface area contributed by atoms with Crippen LogP contribution in [0.25, 0.3) is 0 Å². The Kier molecular flexibility index (Phi) is 4.79. The van der Waals surface area contributed by atoms with Gasteiger partial charge in [0.15, 0.2) is 0 Å². The molecular formula is C18H29N3. The lowest BCUT2D eigenvalue weighted by Gasteiger charge is -2.34. The van der Waals surface area contributed by atoms with Crippen LogP contribution in [0.1, 0.15) is 57.9 Å². The van der Waals surface area contributed by atoms with Gasteiger partial charge in [-0.25, -0.2) is 0 Å². The number of anilines is 1. The van der Waals surface area contributed by atoms with E-state index in [4.69, 9.17) is 0 Å². The fourth-order valence-electron chi connectivity index (χ4n) is 3.43. The molecule has 116 valence electrons. The molecule has 0 spiro atoms. The summed E-state index contributed by atoms with van der Waals surface area (Å²) in [5.41, 5.74) is 2.79. The monoisotopic (exact) mass is 287 g/mol. The van der Waals surface area contributed by atoms with Gasteiger partial charge < -0.3 is 10.2 Å². The van der Waals surface area contributed by atoms with E-state index in [0.29, 0.717) is 5.92 Å². The van der Waals surface area contributed by atoms with Gasteiger partial charge in [0.25, 0.3) is 0 Å². The summed E-state index contributed by atoms with van der Waals surface area (Å²) in [6.07, 6.45) is 12.2. The van der Waals surface area contributed by atoms with Gasteiger partial charge in [-0.2, -0.15) is 0 Å². The highest BCUT2D eigenvalue weighted by atomic mass is 15.2. The van der Waals surface area contributed by atoms with Crippen LogP contribution in [0.2, 0.25) is 0 Å². The maximum atomic E-state index is 4.37. The zero-order valence-corrected chi connectivity index (χ0v) is 13.5. The first-order valence-corrected chi connectivity index (χ1v) is 8.67. The van der Waals surface area contributed by atoms with Gasteiger partial charge in [-0.05, 0) is 37.7 Å². The van der Waals surface area contributed by atoms with Crippen molar-refractivity contribution in [2.75, 3.05) is 11.4 Å². The van der Waals surface area contributed by atoms with Gasteiger partial charge in [0.05, 0.1) is 0 Å². The maximum Gasteiger partial charge on any atom is 0.0445 e. The van der Waals surface area contributed by atoms with E-state index in [9.17, 15) is 0 Å². The van der Waals surface area contributed by atoms with Crippen molar-refractivity contribution in [2.45, 2.75) is 71.0 Å². The molecule has 2 saturated carbocycles. The van der Waals surface area contributed by atoms with E-state index in [1.165, 1.54) is 49.8 Å². The zero-order chi connectivity index (χ0) is 14.7. The molecule has 3 heteroatoms. The van der Waals surface area contributed by atoms with Crippen molar-refractivity contribution in [3.63, 3.8) is 0 Å². The standard InChI is InChI=1S/C18H29N3/c1-14(2)13-21(17-5-3-4-6-17)18-9-10-19-11-15(18)12-20-16-7-8-16/h9-11,14,16-17,20H,3-8,12-13H2,1-2H3. The molecule has 3 rings (SSSR count). The van der Waals surface area contributed by atoms with E-state index in [1.807, 2.05) is 6.20 Å². The summed E-state index contributed by atoms with van der Waals surface area (Å²) < 4.78 is 0. The molecule has 0 unspecified atom stereocenters. The van der Waals surface area contributed by atoms with Crippen LogP contribution in [0.3, 0.4) is 0 Å². The van der Waals surface area contributed by atoms with Gasteiger partial charge in [0, 0.05) is 48.8 Å². The lowest BCUT2D eigenvalue weighted by molar-refractivity contribution is 0.532. The molecule has 0 amide bonds. The molecule has 0 bridgehead atoms. The molecule has 1 aromatic rings. The third-order valence-corrected chi connectivity index (χ3v) is 4.67. The first kappa shape index (κ1) is 14.8. The number of aromatic nitrogens is 1. The average Bonchev–Trinajstić information content (AvgIpc) is 3.15. The molecule has 0 aliphatic heterocycles. The Labute approximate surface area is 129 Å². The predicted molar refractivity (Wildman–Crippen MR) is 88.5 cm³/mol. The highest BCUT2D eigenvalue weighted by molar-refractivity contribution is 5.53. The van der Waals surface area contributed by atoms with Crippen LogP contribution >= 0.6 is 0 Å². The molecule has 21 heavy (non-hydrogen) atoms. The van der Waals surface area contributed by atoms with Crippen molar-refractivity contribution in [3.8, 4) is 0 Å². The molecule has 1 aromatic heterocycles. The molecule has 3 nitrogen and oxygen atoms in total. The van der Waals surface area contributed by atoms with Crippen LogP contribution in [-0.4, -0.2) is 23.6 Å². The van der Waals surface area contributed by atoms with Crippen molar-refractivity contribution >= 4 is 5.69 Å². The Bertz CT molecular complexity index is 448. The third kappa shape index (κ3) is 3.97. The Morgan fingerprint density at radius 3 is 2.67 bits per heavy atom. The van der Waals surface area contributed by atoms with E-state index in [1.54, 1.807) is 0 Å². The van der Waals surface area contributed by atoms with Crippen LogP contribution in [0.15, 0.2) is 18.5 Å². The summed E-state index contributed by atoms with van der Waals surface area (Å²) in [6.45, 7) is 6.77. The second-order valence-electron chi connectivity index (χ2n) is 7.14. The van der Waals surface area contributed by atoms with Crippen molar-refractivity contribution in [1.82, 2.24) is 10.3 Å². The molecule has 0 atom stereocenters. The summed E-state index contributed by atoms with van der Waals surface area (Å²) in [5.74, 6) is 0.697. The van der Waals surface area contributed by atoms with Crippen LogP contribution < -0.4 is 10.2 Å². The maximum absolute atomic E-state index is 4.37. The van der Waals surface area contributed by atoms with Gasteiger partial charge >= 0.3 is 0 Å². The van der Waals surface area contributed by atoms with E-state index in [-0.39, 0.29) is 0 Å². The summed E-state index contributed by atoms with van der Waals surface area (Å²) in [7, 11) is 0. The fraction of sp³-hybridized carbons (Fsp3) is 0.722. The first-order chi connectivity index (χ1) is 10.2. The zero-order valence-electron chi connectivity index (χ0n) is 13.5. The topological polar surface area (TPSA) is 28.2 Å². The summed E-state index contributed by atoms with van der Waals surface area (Å²) in [4.78, 5) is 7.04. The third-order valence-electron chi connectivity index (χ3n) is 4.67. The van der Waals surface area contributed by atoms with Gasteiger partial charge in [0.2, 0.25) is 0 Å². The second kappa shape index (κ2) is 6.78. The molecule has 2 aliphatic carbocycles. The average molecular weight is 287 g/mol. The minimum absolute atomic E-state index is 0.697. The molecule has 2 fully saturated rings. The van der Waals surface area contributed by atoms with Crippen LogP contribution in [0, 0.1) is 5.92 Å². The lowest BCUT2D eigenvalue weighted by Crippen LogP contribution is -2.37. The number of nitrogens with one attached hydrogen (secondary N) is 1. The number of rotatable bonds is 7. The van der Waals surface area contributed by atoms with E-state index >= 15 is 0 Å². The predicted octanol–water partition coefficient (Wildman–Crippen LogP) is 3.74. The van der Waals surface area contributed by atoms with Crippen molar-refractivity contribution in [3.05, 3.63) is 24.0 Å². The first-order valence-electron chi connectivity index (χ1n) is 8.67. The minimum Gasteiger partial charge on any atom is -0.368 e. The Morgan fingerprint density at radius 1 is 1.24 bits per heavy atom. The summed E-state index contributed by atoms with van der Waals surface area (Å²) in [5, 5.41) is 3.65. The van der Waals surface area contributed by atoms with Crippen LogP contribution in [0.4, 0.5) is 5.69 Å². The quantitative estimate of drug-likeness (QED) is 0.828. The van der Waals surface area contributed by atoms with Gasteiger partial charge in [-0.1, -0.05) is 26.7 Å². The smallest absolute Gasteiger partial charge is 0.0445 e. The molecule has 1 heterocycles. The number of nitrogens with zero attached hydrogens (tertiary/aromatic N) is 2. The second-order valence-corrected chi connectivity index (χ2v) is 7.14. The fourth-order valence-corrected chi connectivity index (χ4v) is 3.43. The van der Waals surface area contributed by atoms with Crippen LogP contribution in [0.5, 0.6) is 0 Å². The Hall–Kier alpha value is -1.09. The normalized spacial score (nSPS) is 19.4. The van der Waals surface area contributed by atoms with Crippen LogP contribution in [-0.2, 0) is 6.54 Å². The van der Waals surface area contributed by atoms with E-state index in [0.717, 1.165) is 25.2 Å². The highest BCUT2D eigenvalue weighted by Crippen LogP contribution is 2.31. The highest BCUT2D eigenvalue weighted by Gasteiger charge is 2.26. The molecule has 0 saturated heterocycles. The number of pyridine rings is 1. The molecule has 0 aromatic carbocycles. The largest absolute Gasteiger partial charge is 0.368 e. The molecular weight excluding hydrogens is 258 g/mol. The van der Waals surface area contributed by atoms with Crippen molar-refractivity contribution in [1.29, 1.82) is 0 Å². The Morgan fingerprint density at radius 2 is 2.00 bits per heavy atom. The summed E-state index contributed by atoms with van der Waals surface area (Å²) >= 11 is 0. The number of hydrogen-bond donors (Lipinski definition) is 1. The SMILES string of the molecule is CC(C)CN(c1ccncc1CNC1CC1)C1CCCC1. The number of hydrogen-bond acceptors (Lipinski definition) is 3. The minimum atomic E-state index is 0.697. The molecule has 1 N–H and O–H groups in total.